The lowest BCUT2D eigenvalue weighted by atomic mass is 10.0. The summed E-state index contributed by atoms with van der Waals surface area (Å²) in [6.07, 6.45) is 1.04. The zero-order valence-electron chi connectivity index (χ0n) is 12.9. The number of benzene rings is 2. The molecular formula is C18H22FNO. The van der Waals surface area contributed by atoms with Crippen molar-refractivity contribution in [1.29, 1.82) is 0 Å². The van der Waals surface area contributed by atoms with Crippen molar-refractivity contribution in [2.24, 2.45) is 0 Å². The van der Waals surface area contributed by atoms with Crippen molar-refractivity contribution in [3.05, 3.63) is 53.3 Å². The van der Waals surface area contributed by atoms with Crippen molar-refractivity contribution in [3.63, 3.8) is 0 Å². The van der Waals surface area contributed by atoms with Gasteiger partial charge >= 0.3 is 0 Å². The first-order valence-electron chi connectivity index (χ1n) is 7.30. The van der Waals surface area contributed by atoms with Crippen LogP contribution in [0.1, 0.15) is 24.5 Å². The number of hydrogen-bond acceptors (Lipinski definition) is 2. The lowest BCUT2D eigenvalue weighted by Crippen LogP contribution is -2.14. The van der Waals surface area contributed by atoms with E-state index >= 15 is 0 Å². The molecule has 0 aromatic heterocycles. The largest absolute Gasteiger partial charge is 0.496 e. The van der Waals surface area contributed by atoms with E-state index in [0.717, 1.165) is 35.4 Å². The number of ether oxygens (including phenoxy) is 1. The third-order valence-electron chi connectivity index (χ3n) is 3.52. The third-order valence-corrected chi connectivity index (χ3v) is 3.52. The van der Waals surface area contributed by atoms with Gasteiger partial charge in [-0.3, -0.25) is 0 Å². The molecule has 0 atom stereocenters. The first kappa shape index (κ1) is 15.5. The minimum absolute atomic E-state index is 0.160. The van der Waals surface area contributed by atoms with E-state index in [1.54, 1.807) is 7.11 Å². The molecule has 0 bridgehead atoms. The van der Waals surface area contributed by atoms with E-state index in [1.807, 2.05) is 31.2 Å². The molecule has 2 rings (SSSR count). The molecule has 0 aliphatic rings. The highest BCUT2D eigenvalue weighted by atomic mass is 19.1. The molecule has 0 heterocycles. The first-order valence-corrected chi connectivity index (χ1v) is 7.30. The number of hydrogen-bond donors (Lipinski definition) is 1. The molecule has 0 radical (unpaired) electrons. The first-order chi connectivity index (χ1) is 10.2. The predicted octanol–water partition coefficient (Wildman–Crippen LogP) is 4.31. The zero-order chi connectivity index (χ0) is 15.2. The van der Waals surface area contributed by atoms with Crippen LogP contribution in [0.25, 0.3) is 11.1 Å². The van der Waals surface area contributed by atoms with Gasteiger partial charge in [-0.05, 0) is 60.8 Å². The summed E-state index contributed by atoms with van der Waals surface area (Å²) in [5.41, 5.74) is 3.87. The van der Waals surface area contributed by atoms with Crippen LogP contribution in [-0.4, -0.2) is 13.7 Å². The van der Waals surface area contributed by atoms with Crippen LogP contribution < -0.4 is 10.1 Å². The number of rotatable bonds is 6. The maximum Gasteiger partial charge on any atom is 0.127 e. The smallest absolute Gasteiger partial charge is 0.127 e. The minimum atomic E-state index is -0.160. The molecular weight excluding hydrogens is 265 g/mol. The Morgan fingerprint density at radius 3 is 2.48 bits per heavy atom. The van der Waals surface area contributed by atoms with Crippen LogP contribution in [0, 0.1) is 12.7 Å². The van der Waals surface area contributed by atoms with Crippen molar-refractivity contribution < 1.29 is 9.13 Å². The average molecular weight is 287 g/mol. The Labute approximate surface area is 126 Å². The van der Waals surface area contributed by atoms with Crippen molar-refractivity contribution in [1.82, 2.24) is 5.32 Å². The molecule has 21 heavy (non-hydrogen) atoms. The monoisotopic (exact) mass is 287 g/mol. The highest BCUT2D eigenvalue weighted by Gasteiger charge is 2.07. The summed E-state index contributed by atoms with van der Waals surface area (Å²) in [6.45, 7) is 5.56. The molecule has 0 saturated carbocycles. The van der Waals surface area contributed by atoms with Gasteiger partial charge in [-0.15, -0.1) is 0 Å². The second kappa shape index (κ2) is 7.23. The molecule has 0 amide bonds. The summed E-state index contributed by atoms with van der Waals surface area (Å²) in [5.74, 6) is 0.707. The standard InChI is InChI=1S/C18H22FNO/c1-4-9-20-12-16-11-15(5-7-17(16)19)14-6-8-18(21-3)13(2)10-14/h5-8,10-11,20H,4,9,12H2,1-3H3. The van der Waals surface area contributed by atoms with Crippen LogP contribution in [0.5, 0.6) is 5.75 Å². The third kappa shape index (κ3) is 3.82. The minimum Gasteiger partial charge on any atom is -0.496 e. The summed E-state index contributed by atoms with van der Waals surface area (Å²) in [6, 6.07) is 11.3. The Bertz CT molecular complexity index is 610. The van der Waals surface area contributed by atoms with Gasteiger partial charge in [0.1, 0.15) is 11.6 Å². The zero-order valence-corrected chi connectivity index (χ0v) is 12.9. The summed E-state index contributed by atoms with van der Waals surface area (Å²) >= 11 is 0. The van der Waals surface area contributed by atoms with Crippen molar-refractivity contribution in [2.75, 3.05) is 13.7 Å². The Morgan fingerprint density at radius 1 is 1.10 bits per heavy atom. The Balaban J connectivity index is 2.27. The van der Waals surface area contributed by atoms with E-state index in [-0.39, 0.29) is 5.82 Å². The fourth-order valence-corrected chi connectivity index (χ4v) is 2.35. The maximum absolute atomic E-state index is 13.9. The molecule has 0 unspecified atom stereocenters. The van der Waals surface area contributed by atoms with Gasteiger partial charge in [0, 0.05) is 12.1 Å². The van der Waals surface area contributed by atoms with E-state index in [0.29, 0.717) is 12.1 Å². The molecule has 2 aromatic carbocycles. The van der Waals surface area contributed by atoms with Crippen molar-refractivity contribution >= 4 is 0 Å². The molecule has 1 N–H and O–H groups in total. The predicted molar refractivity (Wildman–Crippen MR) is 85.1 cm³/mol. The van der Waals surface area contributed by atoms with Gasteiger partial charge in [-0.25, -0.2) is 4.39 Å². The van der Waals surface area contributed by atoms with Crippen LogP contribution in [0.4, 0.5) is 4.39 Å². The van der Waals surface area contributed by atoms with Gasteiger partial charge in [0.15, 0.2) is 0 Å². The molecule has 0 aliphatic heterocycles. The van der Waals surface area contributed by atoms with Crippen molar-refractivity contribution in [3.8, 4) is 16.9 Å². The van der Waals surface area contributed by atoms with Gasteiger partial charge in [-0.1, -0.05) is 19.1 Å². The normalized spacial score (nSPS) is 10.7. The number of methoxy groups -OCH3 is 1. The number of nitrogens with one attached hydrogen (secondary N) is 1. The molecule has 0 aliphatic carbocycles. The van der Waals surface area contributed by atoms with Crippen LogP contribution in [0.15, 0.2) is 36.4 Å². The summed E-state index contributed by atoms with van der Waals surface area (Å²) in [5, 5.41) is 3.24. The highest BCUT2D eigenvalue weighted by molar-refractivity contribution is 5.66. The Kier molecular flexibility index (Phi) is 5.34. The van der Waals surface area contributed by atoms with Crippen LogP contribution >= 0.6 is 0 Å². The molecule has 112 valence electrons. The van der Waals surface area contributed by atoms with E-state index < -0.39 is 0 Å². The molecule has 2 aromatic rings. The SMILES string of the molecule is CCCNCc1cc(-c2ccc(OC)c(C)c2)ccc1F. The molecule has 2 nitrogen and oxygen atoms in total. The van der Waals surface area contributed by atoms with E-state index in [1.165, 1.54) is 6.07 Å². The fraction of sp³-hybridized carbons (Fsp3) is 0.333. The second-order valence-corrected chi connectivity index (χ2v) is 5.17. The lowest BCUT2D eigenvalue weighted by molar-refractivity contribution is 0.412. The topological polar surface area (TPSA) is 21.3 Å². The van der Waals surface area contributed by atoms with Gasteiger partial charge in [0.05, 0.1) is 7.11 Å². The number of aryl methyl sites for hydroxylation is 1. The van der Waals surface area contributed by atoms with Crippen molar-refractivity contribution in [2.45, 2.75) is 26.8 Å². The Hall–Kier alpha value is -1.87. The quantitative estimate of drug-likeness (QED) is 0.799. The Morgan fingerprint density at radius 2 is 1.81 bits per heavy atom. The average Bonchev–Trinajstić information content (AvgIpc) is 2.49. The second-order valence-electron chi connectivity index (χ2n) is 5.17. The van der Waals surface area contributed by atoms with E-state index in [4.69, 9.17) is 4.74 Å². The van der Waals surface area contributed by atoms with E-state index in [2.05, 4.69) is 18.3 Å². The van der Waals surface area contributed by atoms with Crippen LogP contribution in [0.3, 0.4) is 0 Å². The van der Waals surface area contributed by atoms with Gasteiger partial charge < -0.3 is 10.1 Å². The van der Waals surface area contributed by atoms with Crippen LogP contribution in [0.2, 0.25) is 0 Å². The lowest BCUT2D eigenvalue weighted by Gasteiger charge is -2.10. The van der Waals surface area contributed by atoms with Gasteiger partial charge in [0.2, 0.25) is 0 Å². The molecule has 0 fully saturated rings. The number of halogens is 1. The fourth-order valence-electron chi connectivity index (χ4n) is 2.35. The summed E-state index contributed by atoms with van der Waals surface area (Å²) < 4.78 is 19.1. The van der Waals surface area contributed by atoms with E-state index in [9.17, 15) is 4.39 Å². The van der Waals surface area contributed by atoms with Crippen LogP contribution in [-0.2, 0) is 6.54 Å². The summed E-state index contributed by atoms with van der Waals surface area (Å²) in [7, 11) is 1.66. The summed E-state index contributed by atoms with van der Waals surface area (Å²) in [4.78, 5) is 0. The molecule has 3 heteroatoms. The molecule has 0 spiro atoms. The van der Waals surface area contributed by atoms with Gasteiger partial charge in [-0.2, -0.15) is 0 Å². The maximum atomic E-state index is 13.9. The highest BCUT2D eigenvalue weighted by Crippen LogP contribution is 2.27. The van der Waals surface area contributed by atoms with Gasteiger partial charge in [0.25, 0.3) is 0 Å². The molecule has 0 saturated heterocycles.